The van der Waals surface area contributed by atoms with Crippen molar-refractivity contribution < 1.29 is 14.5 Å². The first-order valence-corrected chi connectivity index (χ1v) is 9.07. The number of carbonyl (C=O) groups excluding carboxylic acids is 1. The van der Waals surface area contributed by atoms with E-state index in [9.17, 15) is 14.9 Å². The SMILES string of the molecule is CCOC(=O)c1cccc2c1N[C@@H](c1ccc([N+](=O)[O-])cc1)[C@H]1CC=C[C@@H]21. The molecule has 6 nitrogen and oxygen atoms in total. The molecule has 138 valence electrons. The second-order valence-corrected chi connectivity index (χ2v) is 6.81. The molecule has 0 radical (unpaired) electrons. The molecule has 0 bridgehead atoms. The van der Waals surface area contributed by atoms with Gasteiger partial charge in [-0.15, -0.1) is 0 Å². The summed E-state index contributed by atoms with van der Waals surface area (Å²) in [7, 11) is 0. The highest BCUT2D eigenvalue weighted by atomic mass is 16.6. The molecule has 0 spiro atoms. The number of ether oxygens (including phenoxy) is 1. The van der Waals surface area contributed by atoms with E-state index >= 15 is 0 Å². The number of esters is 1. The van der Waals surface area contributed by atoms with Crippen LogP contribution in [-0.4, -0.2) is 17.5 Å². The van der Waals surface area contributed by atoms with Crippen LogP contribution in [0.3, 0.4) is 0 Å². The van der Waals surface area contributed by atoms with Gasteiger partial charge in [0.25, 0.3) is 5.69 Å². The van der Waals surface area contributed by atoms with Crippen LogP contribution in [0.5, 0.6) is 0 Å². The molecule has 3 atom stereocenters. The maximum absolute atomic E-state index is 12.4. The minimum absolute atomic E-state index is 0.0334. The lowest BCUT2D eigenvalue weighted by atomic mass is 9.76. The van der Waals surface area contributed by atoms with Crippen LogP contribution in [0.1, 0.15) is 46.8 Å². The number of benzene rings is 2. The number of hydrogen-bond donors (Lipinski definition) is 1. The van der Waals surface area contributed by atoms with Gasteiger partial charge in [0, 0.05) is 18.1 Å². The summed E-state index contributed by atoms with van der Waals surface area (Å²) in [6.45, 7) is 2.11. The highest BCUT2D eigenvalue weighted by molar-refractivity contribution is 5.97. The average molecular weight is 364 g/mol. The Morgan fingerprint density at radius 2 is 2.04 bits per heavy atom. The molecule has 1 heterocycles. The van der Waals surface area contributed by atoms with Crippen molar-refractivity contribution in [2.75, 3.05) is 11.9 Å². The number of fused-ring (bicyclic) bond motifs is 3. The van der Waals surface area contributed by atoms with Gasteiger partial charge in [-0.3, -0.25) is 10.1 Å². The first-order valence-electron chi connectivity index (χ1n) is 9.07. The molecule has 2 aromatic carbocycles. The van der Waals surface area contributed by atoms with Gasteiger partial charge in [0.1, 0.15) is 0 Å². The largest absolute Gasteiger partial charge is 0.462 e. The van der Waals surface area contributed by atoms with Gasteiger partial charge in [0.15, 0.2) is 0 Å². The van der Waals surface area contributed by atoms with E-state index in [4.69, 9.17) is 4.74 Å². The zero-order valence-electron chi connectivity index (χ0n) is 14.9. The Hall–Kier alpha value is -3.15. The molecule has 27 heavy (non-hydrogen) atoms. The van der Waals surface area contributed by atoms with E-state index in [0.717, 1.165) is 23.2 Å². The van der Waals surface area contributed by atoms with Crippen LogP contribution in [0.2, 0.25) is 0 Å². The van der Waals surface area contributed by atoms with Gasteiger partial charge in [-0.2, -0.15) is 0 Å². The van der Waals surface area contributed by atoms with E-state index in [2.05, 4.69) is 17.5 Å². The third-order valence-electron chi connectivity index (χ3n) is 5.36. The molecule has 6 heteroatoms. The fourth-order valence-electron chi connectivity index (χ4n) is 4.13. The molecule has 0 aromatic heterocycles. The Bertz CT molecular complexity index is 920. The minimum Gasteiger partial charge on any atom is -0.462 e. The summed E-state index contributed by atoms with van der Waals surface area (Å²) in [5, 5.41) is 14.5. The summed E-state index contributed by atoms with van der Waals surface area (Å²) in [5.74, 6) is 0.164. The first kappa shape index (κ1) is 17.3. The molecule has 4 rings (SSSR count). The van der Waals surface area contributed by atoms with E-state index in [-0.39, 0.29) is 23.6 Å². The molecule has 0 fully saturated rings. The Balaban J connectivity index is 1.75. The van der Waals surface area contributed by atoms with Crippen molar-refractivity contribution in [3.63, 3.8) is 0 Å². The van der Waals surface area contributed by atoms with Gasteiger partial charge in [0.05, 0.1) is 28.8 Å². The number of rotatable bonds is 4. The standard InChI is InChI=1S/C21H20N2O4/c1-2-27-21(24)18-8-4-7-17-15-5-3-6-16(15)19(22-20(17)18)13-9-11-14(12-10-13)23(25)26/h3-5,7-12,15-16,19,22H,2,6H2,1H3/t15-,16+,19+/m1/s1. The molecule has 0 amide bonds. The van der Waals surface area contributed by atoms with Crippen LogP contribution in [-0.2, 0) is 4.74 Å². The Morgan fingerprint density at radius 3 is 2.74 bits per heavy atom. The molecular weight excluding hydrogens is 344 g/mol. The number of non-ortho nitro benzene ring substituents is 1. The van der Waals surface area contributed by atoms with Crippen LogP contribution in [0, 0.1) is 16.0 Å². The maximum atomic E-state index is 12.4. The number of nitrogens with zero attached hydrogens (tertiary/aromatic N) is 1. The molecule has 1 aliphatic heterocycles. The topological polar surface area (TPSA) is 81.5 Å². The number of hydrogen-bond acceptors (Lipinski definition) is 5. The van der Waals surface area contributed by atoms with Gasteiger partial charge >= 0.3 is 5.97 Å². The maximum Gasteiger partial charge on any atom is 0.340 e. The molecule has 0 saturated heterocycles. The highest BCUT2D eigenvalue weighted by Crippen LogP contribution is 2.50. The fourth-order valence-corrected chi connectivity index (χ4v) is 4.13. The second kappa shape index (κ2) is 6.87. The lowest BCUT2D eigenvalue weighted by Gasteiger charge is -2.38. The van der Waals surface area contributed by atoms with Crippen LogP contribution < -0.4 is 5.32 Å². The number of para-hydroxylation sites is 1. The smallest absolute Gasteiger partial charge is 0.340 e. The van der Waals surface area contributed by atoms with Crippen molar-refractivity contribution in [2.24, 2.45) is 5.92 Å². The zero-order chi connectivity index (χ0) is 19.0. The zero-order valence-corrected chi connectivity index (χ0v) is 14.9. The summed E-state index contributed by atoms with van der Waals surface area (Å²) >= 11 is 0. The van der Waals surface area contributed by atoms with Crippen LogP contribution in [0.25, 0.3) is 0 Å². The van der Waals surface area contributed by atoms with Gasteiger partial charge in [-0.1, -0.05) is 36.4 Å². The predicted octanol–water partition coefficient (Wildman–Crippen LogP) is 4.60. The van der Waals surface area contributed by atoms with Crippen LogP contribution in [0.4, 0.5) is 11.4 Å². The van der Waals surface area contributed by atoms with Gasteiger partial charge < -0.3 is 10.1 Å². The summed E-state index contributed by atoms with van der Waals surface area (Å²) in [5.41, 5.74) is 3.47. The lowest BCUT2D eigenvalue weighted by Crippen LogP contribution is -2.30. The predicted molar refractivity (Wildman–Crippen MR) is 102 cm³/mol. The van der Waals surface area contributed by atoms with Crippen molar-refractivity contribution in [2.45, 2.75) is 25.3 Å². The molecular formula is C21H20N2O4. The van der Waals surface area contributed by atoms with Crippen molar-refractivity contribution in [1.29, 1.82) is 0 Å². The number of anilines is 1. The van der Waals surface area contributed by atoms with E-state index in [1.807, 2.05) is 12.1 Å². The molecule has 0 saturated carbocycles. The Labute approximate surface area is 157 Å². The molecule has 1 N–H and O–H groups in total. The van der Waals surface area contributed by atoms with Crippen molar-refractivity contribution in [3.05, 3.63) is 81.4 Å². The molecule has 2 aliphatic rings. The van der Waals surface area contributed by atoms with Crippen LogP contribution >= 0.6 is 0 Å². The van der Waals surface area contributed by atoms with Crippen molar-refractivity contribution in [1.82, 2.24) is 0 Å². The second-order valence-electron chi connectivity index (χ2n) is 6.81. The average Bonchev–Trinajstić information content (AvgIpc) is 3.17. The number of nitro groups is 1. The number of nitro benzene ring substituents is 1. The highest BCUT2D eigenvalue weighted by Gasteiger charge is 2.39. The van der Waals surface area contributed by atoms with E-state index < -0.39 is 4.92 Å². The fraction of sp³-hybridized carbons (Fsp3) is 0.286. The number of allylic oxidation sites excluding steroid dienone is 2. The van der Waals surface area contributed by atoms with Gasteiger partial charge in [-0.25, -0.2) is 4.79 Å². The van der Waals surface area contributed by atoms with Gasteiger partial charge in [-0.05, 0) is 36.5 Å². The third-order valence-corrected chi connectivity index (χ3v) is 5.36. The summed E-state index contributed by atoms with van der Waals surface area (Å²) in [6.07, 6.45) is 5.28. The van der Waals surface area contributed by atoms with E-state index in [1.165, 1.54) is 12.1 Å². The summed E-state index contributed by atoms with van der Waals surface area (Å²) < 4.78 is 5.22. The van der Waals surface area contributed by atoms with E-state index in [1.54, 1.807) is 25.1 Å². The summed E-state index contributed by atoms with van der Waals surface area (Å²) in [4.78, 5) is 23.0. The minimum atomic E-state index is -0.397. The molecule has 1 aliphatic carbocycles. The number of carbonyl (C=O) groups is 1. The van der Waals surface area contributed by atoms with E-state index in [0.29, 0.717) is 18.1 Å². The van der Waals surface area contributed by atoms with Gasteiger partial charge in [0.2, 0.25) is 0 Å². The molecule has 2 aromatic rings. The normalized spacial score (nSPS) is 22.5. The van der Waals surface area contributed by atoms with Crippen molar-refractivity contribution in [3.8, 4) is 0 Å². The Kier molecular flexibility index (Phi) is 4.39. The number of nitrogens with one attached hydrogen (secondary N) is 1. The first-order chi connectivity index (χ1) is 13.1. The third kappa shape index (κ3) is 2.97. The van der Waals surface area contributed by atoms with Crippen LogP contribution in [0.15, 0.2) is 54.6 Å². The molecule has 0 unspecified atom stereocenters. The lowest BCUT2D eigenvalue weighted by molar-refractivity contribution is -0.384. The summed E-state index contributed by atoms with van der Waals surface area (Å²) in [6, 6.07) is 12.3. The van der Waals surface area contributed by atoms with Crippen molar-refractivity contribution >= 4 is 17.3 Å². The monoisotopic (exact) mass is 364 g/mol. The Morgan fingerprint density at radius 1 is 1.26 bits per heavy atom. The quantitative estimate of drug-likeness (QED) is 0.371.